The zero-order valence-electron chi connectivity index (χ0n) is 8.68. The van der Waals surface area contributed by atoms with Crippen molar-refractivity contribution < 1.29 is 4.79 Å². The maximum Gasteiger partial charge on any atom is 0.220 e. The summed E-state index contributed by atoms with van der Waals surface area (Å²) < 4.78 is 0. The molecule has 1 amide bonds. The summed E-state index contributed by atoms with van der Waals surface area (Å²) in [4.78, 5) is 13.4. The smallest absolute Gasteiger partial charge is 0.220 e. The van der Waals surface area contributed by atoms with E-state index >= 15 is 0 Å². The van der Waals surface area contributed by atoms with Crippen molar-refractivity contribution in [3.8, 4) is 0 Å². The summed E-state index contributed by atoms with van der Waals surface area (Å²) in [5.74, 6) is 0.187. The summed E-state index contributed by atoms with van der Waals surface area (Å²) in [5.41, 5.74) is 0. The number of carbonyl (C=O) groups is 1. The Labute approximate surface area is 80.5 Å². The van der Waals surface area contributed by atoms with Gasteiger partial charge in [0.05, 0.1) is 0 Å². The Morgan fingerprint density at radius 2 is 2.23 bits per heavy atom. The Morgan fingerprint density at radius 1 is 1.54 bits per heavy atom. The van der Waals surface area contributed by atoms with Crippen LogP contribution in [-0.2, 0) is 4.79 Å². The topological polar surface area (TPSA) is 32.3 Å². The second-order valence-electron chi connectivity index (χ2n) is 3.81. The van der Waals surface area contributed by atoms with Crippen LogP contribution in [0.5, 0.6) is 0 Å². The third kappa shape index (κ3) is 4.27. The van der Waals surface area contributed by atoms with E-state index in [1.807, 2.05) is 6.92 Å². The van der Waals surface area contributed by atoms with E-state index in [2.05, 4.69) is 17.3 Å². The molecule has 0 unspecified atom stereocenters. The second-order valence-corrected chi connectivity index (χ2v) is 3.81. The van der Waals surface area contributed by atoms with Crippen molar-refractivity contribution in [1.29, 1.82) is 0 Å². The molecule has 0 heterocycles. The van der Waals surface area contributed by atoms with Crippen molar-refractivity contribution in [2.24, 2.45) is 0 Å². The zero-order chi connectivity index (χ0) is 9.68. The molecule has 3 nitrogen and oxygen atoms in total. The van der Waals surface area contributed by atoms with E-state index in [1.165, 1.54) is 12.8 Å². The van der Waals surface area contributed by atoms with Gasteiger partial charge in [0, 0.05) is 25.6 Å². The SMILES string of the molecule is CCCC(=O)NCCN(C)C1CC1. The molecule has 0 saturated heterocycles. The summed E-state index contributed by atoms with van der Waals surface area (Å²) in [7, 11) is 2.13. The lowest BCUT2D eigenvalue weighted by molar-refractivity contribution is -0.121. The Kier molecular flexibility index (Phi) is 4.22. The van der Waals surface area contributed by atoms with Crippen LogP contribution in [0, 0.1) is 0 Å². The minimum absolute atomic E-state index is 0.187. The molecule has 76 valence electrons. The molecule has 0 aromatic heterocycles. The third-order valence-electron chi connectivity index (χ3n) is 2.43. The van der Waals surface area contributed by atoms with E-state index in [1.54, 1.807) is 0 Å². The van der Waals surface area contributed by atoms with Crippen LogP contribution < -0.4 is 5.32 Å². The van der Waals surface area contributed by atoms with Gasteiger partial charge in [-0.15, -0.1) is 0 Å². The molecule has 1 aliphatic rings. The molecular formula is C10H20N2O. The van der Waals surface area contributed by atoms with Gasteiger partial charge in [0.25, 0.3) is 0 Å². The lowest BCUT2D eigenvalue weighted by atomic mass is 10.3. The fourth-order valence-electron chi connectivity index (χ4n) is 1.39. The first-order valence-electron chi connectivity index (χ1n) is 5.21. The number of hydrogen-bond donors (Lipinski definition) is 1. The number of rotatable bonds is 6. The number of nitrogens with zero attached hydrogens (tertiary/aromatic N) is 1. The number of carbonyl (C=O) groups excluding carboxylic acids is 1. The Balaban J connectivity index is 1.96. The molecule has 0 aromatic carbocycles. The van der Waals surface area contributed by atoms with Gasteiger partial charge in [0.15, 0.2) is 0 Å². The van der Waals surface area contributed by atoms with Gasteiger partial charge in [-0.1, -0.05) is 6.92 Å². The van der Waals surface area contributed by atoms with Crippen LogP contribution in [-0.4, -0.2) is 37.0 Å². The highest BCUT2D eigenvalue weighted by atomic mass is 16.1. The molecule has 1 saturated carbocycles. The van der Waals surface area contributed by atoms with E-state index in [9.17, 15) is 4.79 Å². The van der Waals surface area contributed by atoms with E-state index < -0.39 is 0 Å². The van der Waals surface area contributed by atoms with Gasteiger partial charge in [-0.2, -0.15) is 0 Å². The number of amides is 1. The summed E-state index contributed by atoms with van der Waals surface area (Å²) in [5, 5.41) is 2.92. The van der Waals surface area contributed by atoms with Crippen molar-refractivity contribution in [1.82, 2.24) is 10.2 Å². The Morgan fingerprint density at radius 3 is 2.77 bits per heavy atom. The normalized spacial score (nSPS) is 16.2. The number of likely N-dealkylation sites (N-methyl/N-ethyl adjacent to an activating group) is 1. The largest absolute Gasteiger partial charge is 0.355 e. The first kappa shape index (κ1) is 10.5. The van der Waals surface area contributed by atoms with Crippen molar-refractivity contribution in [2.75, 3.05) is 20.1 Å². The predicted molar refractivity (Wildman–Crippen MR) is 53.6 cm³/mol. The lowest BCUT2D eigenvalue weighted by Gasteiger charge is -2.15. The third-order valence-corrected chi connectivity index (χ3v) is 2.43. The molecule has 1 aliphatic carbocycles. The molecule has 0 spiro atoms. The first-order valence-corrected chi connectivity index (χ1v) is 5.21. The Hall–Kier alpha value is -0.570. The molecule has 1 rings (SSSR count). The van der Waals surface area contributed by atoms with Gasteiger partial charge in [-0.3, -0.25) is 4.79 Å². The van der Waals surface area contributed by atoms with Crippen LogP contribution in [0.15, 0.2) is 0 Å². The van der Waals surface area contributed by atoms with Crippen LogP contribution in [0.4, 0.5) is 0 Å². The average molecular weight is 184 g/mol. The minimum Gasteiger partial charge on any atom is -0.355 e. The predicted octanol–water partition coefficient (Wildman–Crippen LogP) is 0.997. The van der Waals surface area contributed by atoms with Crippen LogP contribution in [0.25, 0.3) is 0 Å². The molecule has 13 heavy (non-hydrogen) atoms. The van der Waals surface area contributed by atoms with Crippen molar-refractivity contribution in [3.05, 3.63) is 0 Å². The van der Waals surface area contributed by atoms with E-state index in [4.69, 9.17) is 0 Å². The number of hydrogen-bond acceptors (Lipinski definition) is 2. The summed E-state index contributed by atoms with van der Waals surface area (Å²) in [6.45, 7) is 3.81. The highest BCUT2D eigenvalue weighted by Gasteiger charge is 2.25. The van der Waals surface area contributed by atoms with Gasteiger partial charge >= 0.3 is 0 Å². The summed E-state index contributed by atoms with van der Waals surface area (Å²) in [6.07, 6.45) is 4.26. The van der Waals surface area contributed by atoms with E-state index in [0.717, 1.165) is 25.6 Å². The standard InChI is InChI=1S/C10H20N2O/c1-3-4-10(13)11-7-8-12(2)9-5-6-9/h9H,3-8H2,1-2H3,(H,11,13). The van der Waals surface area contributed by atoms with Crippen LogP contribution in [0.2, 0.25) is 0 Å². The zero-order valence-corrected chi connectivity index (χ0v) is 8.68. The van der Waals surface area contributed by atoms with E-state index in [-0.39, 0.29) is 5.91 Å². The van der Waals surface area contributed by atoms with Gasteiger partial charge in [-0.05, 0) is 26.3 Å². The fourth-order valence-corrected chi connectivity index (χ4v) is 1.39. The van der Waals surface area contributed by atoms with Crippen molar-refractivity contribution >= 4 is 5.91 Å². The lowest BCUT2D eigenvalue weighted by Crippen LogP contribution is -2.33. The van der Waals surface area contributed by atoms with Crippen molar-refractivity contribution in [2.45, 2.75) is 38.6 Å². The van der Waals surface area contributed by atoms with Crippen LogP contribution >= 0.6 is 0 Å². The van der Waals surface area contributed by atoms with Gasteiger partial charge in [0.2, 0.25) is 5.91 Å². The van der Waals surface area contributed by atoms with Crippen molar-refractivity contribution in [3.63, 3.8) is 0 Å². The summed E-state index contributed by atoms with van der Waals surface area (Å²) in [6, 6.07) is 0.795. The maximum atomic E-state index is 11.1. The van der Waals surface area contributed by atoms with Gasteiger partial charge < -0.3 is 10.2 Å². The first-order chi connectivity index (χ1) is 6.24. The van der Waals surface area contributed by atoms with Gasteiger partial charge in [0.1, 0.15) is 0 Å². The minimum atomic E-state index is 0.187. The van der Waals surface area contributed by atoms with Crippen LogP contribution in [0.3, 0.4) is 0 Å². The molecule has 0 aromatic rings. The highest BCUT2D eigenvalue weighted by Crippen LogP contribution is 2.24. The second kappa shape index (κ2) is 5.22. The molecule has 0 aliphatic heterocycles. The highest BCUT2D eigenvalue weighted by molar-refractivity contribution is 5.75. The molecule has 0 bridgehead atoms. The quantitative estimate of drug-likeness (QED) is 0.668. The molecule has 0 atom stereocenters. The van der Waals surface area contributed by atoms with E-state index in [0.29, 0.717) is 6.42 Å². The maximum absolute atomic E-state index is 11.1. The Bertz CT molecular complexity index is 166. The fraction of sp³-hybridized carbons (Fsp3) is 0.900. The molecule has 1 N–H and O–H groups in total. The molecule has 1 fully saturated rings. The van der Waals surface area contributed by atoms with Crippen LogP contribution in [0.1, 0.15) is 32.6 Å². The molecule has 0 radical (unpaired) electrons. The molecule has 3 heteroatoms. The average Bonchev–Trinajstić information content (AvgIpc) is 2.86. The molecular weight excluding hydrogens is 164 g/mol. The van der Waals surface area contributed by atoms with Gasteiger partial charge in [-0.25, -0.2) is 0 Å². The monoisotopic (exact) mass is 184 g/mol. The summed E-state index contributed by atoms with van der Waals surface area (Å²) >= 11 is 0. The number of nitrogens with one attached hydrogen (secondary N) is 1.